The summed E-state index contributed by atoms with van der Waals surface area (Å²) in [6.07, 6.45) is -1.10. The first-order valence-electron chi connectivity index (χ1n) is 10.4. The minimum Gasteiger partial charge on any atom is -0.381 e. The van der Waals surface area contributed by atoms with Gasteiger partial charge in [-0.3, -0.25) is 9.72 Å². The van der Waals surface area contributed by atoms with Crippen molar-refractivity contribution in [2.75, 3.05) is 26.3 Å². The number of aromatic nitrogens is 1. The summed E-state index contributed by atoms with van der Waals surface area (Å²) in [4.78, 5) is 5.43. The first-order chi connectivity index (χ1) is 15.6. The quantitative estimate of drug-likeness (QED) is 0.651. The topological polar surface area (TPSA) is 43.9 Å². The molecule has 0 radical (unpaired) electrons. The number of pyridine rings is 1. The van der Waals surface area contributed by atoms with Crippen LogP contribution in [-0.4, -0.2) is 58.7 Å². The normalized spacial score (nSPS) is 21.0. The molecule has 0 atom stereocenters. The molecule has 1 fully saturated rings. The molecule has 0 bridgehead atoms. The van der Waals surface area contributed by atoms with Gasteiger partial charge in [0.05, 0.1) is 30.7 Å². The number of rotatable bonds is 5. The highest BCUT2D eigenvalue weighted by atomic mass is 19.4. The fourth-order valence-electron chi connectivity index (χ4n) is 4.17. The molecule has 6 nitrogen and oxygen atoms in total. The van der Waals surface area contributed by atoms with Crippen LogP contribution in [0, 0.1) is 0 Å². The number of halogens is 6. The molecule has 0 saturated carbocycles. The number of hydrazine groups is 1. The van der Waals surface area contributed by atoms with Gasteiger partial charge in [-0.05, 0) is 31.1 Å². The number of allylic oxidation sites excluding steroid dienone is 3. The van der Waals surface area contributed by atoms with Crippen LogP contribution in [0.4, 0.5) is 26.3 Å². The maximum atomic E-state index is 13.3. The van der Waals surface area contributed by atoms with E-state index in [2.05, 4.69) is 15.0 Å². The fourth-order valence-corrected chi connectivity index (χ4v) is 4.17. The van der Waals surface area contributed by atoms with E-state index >= 15 is 0 Å². The van der Waals surface area contributed by atoms with Crippen molar-refractivity contribution in [1.82, 2.24) is 25.2 Å². The summed E-state index contributed by atoms with van der Waals surface area (Å²) in [6.45, 7) is 1.57. The molecule has 3 aliphatic heterocycles. The minimum atomic E-state index is -4.65. The highest BCUT2D eigenvalue weighted by Crippen LogP contribution is 2.31. The Morgan fingerprint density at radius 2 is 1.82 bits per heavy atom. The van der Waals surface area contributed by atoms with Crippen LogP contribution in [0.1, 0.15) is 24.1 Å². The molecular weight excluding hydrogens is 452 g/mol. The Labute approximate surface area is 186 Å². The molecule has 0 aliphatic carbocycles. The van der Waals surface area contributed by atoms with Gasteiger partial charge in [-0.2, -0.15) is 13.2 Å². The SMILES string of the molecule is FC(F)(F)OC1CCN(N2CC(NCc3cccnc3C(F)(F)F)=C3C=CC=CN3C2)CC1. The standard InChI is InChI=1S/C21H23F6N5O/c22-20(23,24)19-15(4-3-8-28-19)12-29-17-13-32(14-30-9-2-1-5-18(17)30)31-10-6-16(7-11-31)33-21(25,26)27/h1-5,8-9,16,29H,6-7,10-14H2. The highest BCUT2D eigenvalue weighted by molar-refractivity contribution is 5.34. The summed E-state index contributed by atoms with van der Waals surface area (Å²) in [6, 6.07) is 2.84. The Morgan fingerprint density at radius 1 is 1.06 bits per heavy atom. The summed E-state index contributed by atoms with van der Waals surface area (Å²) in [7, 11) is 0. The van der Waals surface area contributed by atoms with E-state index in [1.165, 1.54) is 12.1 Å². The minimum absolute atomic E-state index is 0.0298. The predicted octanol–water partition coefficient (Wildman–Crippen LogP) is 3.98. The molecule has 180 valence electrons. The lowest BCUT2D eigenvalue weighted by Crippen LogP contribution is -2.55. The van der Waals surface area contributed by atoms with Crippen molar-refractivity contribution in [3.05, 3.63) is 65.4 Å². The summed E-state index contributed by atoms with van der Waals surface area (Å²) >= 11 is 0. The van der Waals surface area contributed by atoms with E-state index < -0.39 is 24.3 Å². The Bertz CT molecular complexity index is 934. The van der Waals surface area contributed by atoms with Crippen molar-refractivity contribution in [3.63, 3.8) is 0 Å². The molecule has 1 aromatic heterocycles. The molecule has 0 unspecified atom stereocenters. The van der Waals surface area contributed by atoms with E-state index in [1.807, 2.05) is 39.3 Å². The summed E-state index contributed by atoms with van der Waals surface area (Å²) in [5, 5.41) is 7.07. The second-order valence-corrected chi connectivity index (χ2v) is 7.92. The van der Waals surface area contributed by atoms with E-state index in [0.717, 1.165) is 11.9 Å². The van der Waals surface area contributed by atoms with E-state index in [-0.39, 0.29) is 24.9 Å². The van der Waals surface area contributed by atoms with Gasteiger partial charge >= 0.3 is 12.5 Å². The zero-order valence-electron chi connectivity index (χ0n) is 17.5. The third-order valence-corrected chi connectivity index (χ3v) is 5.68. The second-order valence-electron chi connectivity index (χ2n) is 7.92. The third kappa shape index (κ3) is 5.87. The zero-order valence-corrected chi connectivity index (χ0v) is 17.5. The second kappa shape index (κ2) is 9.35. The molecule has 33 heavy (non-hydrogen) atoms. The average molecular weight is 475 g/mol. The first-order valence-corrected chi connectivity index (χ1v) is 10.4. The molecule has 0 amide bonds. The Balaban J connectivity index is 1.45. The van der Waals surface area contributed by atoms with Crippen molar-refractivity contribution >= 4 is 0 Å². The first kappa shape index (κ1) is 23.6. The Kier molecular flexibility index (Phi) is 6.68. The lowest BCUT2D eigenvalue weighted by atomic mass is 10.1. The number of alkyl halides is 6. The monoisotopic (exact) mass is 475 g/mol. The van der Waals surface area contributed by atoms with Gasteiger partial charge in [-0.25, -0.2) is 10.0 Å². The number of nitrogens with one attached hydrogen (secondary N) is 1. The molecule has 3 aliphatic rings. The summed E-state index contributed by atoms with van der Waals surface area (Å²) in [5.41, 5.74) is 0.648. The zero-order chi connectivity index (χ0) is 23.6. The molecule has 4 rings (SSSR count). The van der Waals surface area contributed by atoms with Gasteiger partial charge in [0.2, 0.25) is 0 Å². The van der Waals surface area contributed by atoms with Gasteiger partial charge in [0.25, 0.3) is 0 Å². The average Bonchev–Trinajstić information content (AvgIpc) is 2.76. The highest BCUT2D eigenvalue weighted by Gasteiger charge is 2.37. The van der Waals surface area contributed by atoms with Crippen LogP contribution >= 0.6 is 0 Å². The van der Waals surface area contributed by atoms with Crippen LogP contribution in [0.15, 0.2) is 54.2 Å². The smallest absolute Gasteiger partial charge is 0.381 e. The predicted molar refractivity (Wildman–Crippen MR) is 107 cm³/mol. The van der Waals surface area contributed by atoms with Crippen LogP contribution in [0.2, 0.25) is 0 Å². The van der Waals surface area contributed by atoms with Crippen LogP contribution in [0.5, 0.6) is 0 Å². The van der Waals surface area contributed by atoms with E-state index in [4.69, 9.17) is 0 Å². The maximum absolute atomic E-state index is 13.3. The van der Waals surface area contributed by atoms with Crippen molar-refractivity contribution < 1.29 is 31.1 Å². The fraction of sp³-hybridized carbons (Fsp3) is 0.476. The largest absolute Gasteiger partial charge is 0.522 e. The number of hydrogen-bond acceptors (Lipinski definition) is 6. The molecule has 1 saturated heterocycles. The lowest BCUT2D eigenvalue weighted by molar-refractivity contribution is -0.347. The third-order valence-electron chi connectivity index (χ3n) is 5.68. The molecule has 1 aromatic rings. The van der Waals surface area contributed by atoms with Crippen LogP contribution in [0.3, 0.4) is 0 Å². The number of piperidine rings is 1. The molecule has 4 heterocycles. The van der Waals surface area contributed by atoms with Crippen molar-refractivity contribution in [3.8, 4) is 0 Å². The lowest BCUT2D eigenvalue weighted by Gasteiger charge is -2.45. The number of nitrogens with zero attached hydrogens (tertiary/aromatic N) is 4. The number of hydrogen-bond donors (Lipinski definition) is 1. The molecular formula is C21H23F6N5O. The van der Waals surface area contributed by atoms with Crippen LogP contribution in [0.25, 0.3) is 0 Å². The van der Waals surface area contributed by atoms with Crippen molar-refractivity contribution in [1.29, 1.82) is 0 Å². The Hall–Kier alpha value is -2.57. The molecule has 0 spiro atoms. The van der Waals surface area contributed by atoms with Gasteiger partial charge in [0, 0.05) is 37.6 Å². The molecule has 0 aromatic carbocycles. The molecule has 12 heteroatoms. The molecule has 1 N–H and O–H groups in total. The summed E-state index contributed by atoms with van der Waals surface area (Å²) in [5.74, 6) is 0. The van der Waals surface area contributed by atoms with Crippen LogP contribution in [-0.2, 0) is 17.5 Å². The Morgan fingerprint density at radius 3 is 2.52 bits per heavy atom. The van der Waals surface area contributed by atoms with Gasteiger partial charge in [-0.1, -0.05) is 12.1 Å². The van der Waals surface area contributed by atoms with Crippen molar-refractivity contribution in [2.45, 2.75) is 38.0 Å². The maximum Gasteiger partial charge on any atom is 0.522 e. The van der Waals surface area contributed by atoms with Gasteiger partial charge < -0.3 is 10.2 Å². The van der Waals surface area contributed by atoms with E-state index in [0.29, 0.717) is 32.0 Å². The summed E-state index contributed by atoms with van der Waals surface area (Å²) < 4.78 is 81.5. The van der Waals surface area contributed by atoms with Crippen LogP contribution < -0.4 is 5.32 Å². The van der Waals surface area contributed by atoms with Gasteiger partial charge in [-0.15, -0.1) is 13.2 Å². The van der Waals surface area contributed by atoms with E-state index in [9.17, 15) is 26.3 Å². The van der Waals surface area contributed by atoms with E-state index in [1.54, 1.807) is 0 Å². The van der Waals surface area contributed by atoms with Gasteiger partial charge in [0.1, 0.15) is 5.69 Å². The number of ether oxygens (including phenoxy) is 1. The van der Waals surface area contributed by atoms with Gasteiger partial charge in [0.15, 0.2) is 0 Å². The number of fused-ring (bicyclic) bond motifs is 1. The van der Waals surface area contributed by atoms with Crippen molar-refractivity contribution in [2.24, 2.45) is 0 Å².